The average molecular weight is 413 g/mol. The SMILES string of the molecule is CC.CCC.Cc1ccc2c(c1)-c1ccccc1C1NC=C(c3c(C)cccc3C)N21. The predicted octanol–water partition coefficient (Wildman–Crippen LogP) is 8.14. The van der Waals surface area contributed by atoms with Gasteiger partial charge in [-0.25, -0.2) is 0 Å². The molecule has 0 aromatic heterocycles. The molecular weight excluding hydrogens is 376 g/mol. The lowest BCUT2D eigenvalue weighted by atomic mass is 9.89. The lowest BCUT2D eigenvalue weighted by Gasteiger charge is -2.37. The molecule has 2 nitrogen and oxygen atoms in total. The minimum absolute atomic E-state index is 0.149. The highest BCUT2D eigenvalue weighted by molar-refractivity contribution is 5.95. The number of anilines is 1. The van der Waals surface area contributed by atoms with E-state index in [-0.39, 0.29) is 6.17 Å². The number of aryl methyl sites for hydroxylation is 3. The van der Waals surface area contributed by atoms with Crippen molar-refractivity contribution in [1.82, 2.24) is 5.32 Å². The van der Waals surface area contributed by atoms with Gasteiger partial charge in [-0.2, -0.15) is 0 Å². The molecular formula is C29H36N2. The molecule has 31 heavy (non-hydrogen) atoms. The number of hydrogen-bond acceptors (Lipinski definition) is 2. The highest BCUT2D eigenvalue weighted by atomic mass is 15.3. The van der Waals surface area contributed by atoms with Gasteiger partial charge in [0.1, 0.15) is 6.17 Å². The van der Waals surface area contributed by atoms with Crippen molar-refractivity contribution in [2.75, 3.05) is 4.90 Å². The van der Waals surface area contributed by atoms with Crippen LogP contribution in [-0.4, -0.2) is 0 Å². The molecule has 2 heterocycles. The lowest BCUT2D eigenvalue weighted by Crippen LogP contribution is -2.32. The maximum Gasteiger partial charge on any atom is 0.130 e. The van der Waals surface area contributed by atoms with Crippen molar-refractivity contribution in [1.29, 1.82) is 0 Å². The number of rotatable bonds is 1. The molecule has 1 unspecified atom stereocenters. The van der Waals surface area contributed by atoms with Crippen LogP contribution in [0.25, 0.3) is 16.8 Å². The smallest absolute Gasteiger partial charge is 0.130 e. The molecule has 0 spiro atoms. The van der Waals surface area contributed by atoms with Crippen molar-refractivity contribution in [2.24, 2.45) is 0 Å². The summed E-state index contributed by atoms with van der Waals surface area (Å²) in [5.74, 6) is 0. The Morgan fingerprint density at radius 1 is 0.806 bits per heavy atom. The van der Waals surface area contributed by atoms with Crippen molar-refractivity contribution in [3.8, 4) is 11.1 Å². The third-order valence-corrected chi connectivity index (χ3v) is 5.59. The molecule has 0 saturated carbocycles. The van der Waals surface area contributed by atoms with Crippen LogP contribution in [-0.2, 0) is 0 Å². The van der Waals surface area contributed by atoms with Gasteiger partial charge in [-0.1, -0.05) is 88.2 Å². The van der Waals surface area contributed by atoms with Gasteiger partial charge in [0.05, 0.1) is 11.4 Å². The first-order valence-electron chi connectivity index (χ1n) is 11.6. The van der Waals surface area contributed by atoms with Crippen molar-refractivity contribution in [3.63, 3.8) is 0 Å². The van der Waals surface area contributed by atoms with E-state index in [2.05, 4.69) is 112 Å². The van der Waals surface area contributed by atoms with E-state index in [0.29, 0.717) is 0 Å². The van der Waals surface area contributed by atoms with Crippen LogP contribution >= 0.6 is 0 Å². The summed E-state index contributed by atoms with van der Waals surface area (Å²) in [4.78, 5) is 2.46. The molecule has 0 aliphatic carbocycles. The van der Waals surface area contributed by atoms with Crippen molar-refractivity contribution < 1.29 is 0 Å². The molecule has 5 rings (SSSR count). The number of fused-ring (bicyclic) bond motifs is 6. The Hall–Kier alpha value is -3.00. The van der Waals surface area contributed by atoms with E-state index in [1.807, 2.05) is 13.8 Å². The normalized spacial score (nSPS) is 15.1. The van der Waals surface area contributed by atoms with Crippen molar-refractivity contribution in [3.05, 3.63) is 94.7 Å². The lowest BCUT2D eigenvalue weighted by molar-refractivity contribution is 0.666. The summed E-state index contributed by atoms with van der Waals surface area (Å²) in [7, 11) is 0. The molecule has 1 N–H and O–H groups in total. The number of hydrogen-bond donors (Lipinski definition) is 1. The Morgan fingerprint density at radius 2 is 1.45 bits per heavy atom. The summed E-state index contributed by atoms with van der Waals surface area (Å²) >= 11 is 0. The van der Waals surface area contributed by atoms with Gasteiger partial charge in [-0.3, -0.25) is 0 Å². The minimum atomic E-state index is 0.149. The Kier molecular flexibility index (Phi) is 7.22. The summed E-state index contributed by atoms with van der Waals surface area (Å²) in [6.07, 6.45) is 3.58. The Morgan fingerprint density at radius 3 is 2.13 bits per heavy atom. The zero-order valence-electron chi connectivity index (χ0n) is 20.1. The standard InChI is InChI=1S/C24H22N2.C3H8.C2H6/c1-15-11-12-21-20(13-15)18-9-4-5-10-19(18)24-25-14-22(26(21)24)23-16(2)7-6-8-17(23)3;1-3-2;1-2/h4-14,24-25H,1-3H3;3H2,1-2H3;1-2H3. The summed E-state index contributed by atoms with van der Waals surface area (Å²) in [5.41, 5.74) is 11.8. The van der Waals surface area contributed by atoms with Crippen LogP contribution in [0.1, 0.15) is 68.1 Å². The zero-order valence-corrected chi connectivity index (χ0v) is 20.1. The van der Waals surface area contributed by atoms with Crippen LogP contribution in [0.15, 0.2) is 66.9 Å². The fourth-order valence-corrected chi connectivity index (χ4v) is 4.41. The van der Waals surface area contributed by atoms with Gasteiger partial charge in [0.15, 0.2) is 0 Å². The van der Waals surface area contributed by atoms with Gasteiger partial charge in [0.25, 0.3) is 0 Å². The number of benzene rings is 3. The summed E-state index contributed by atoms with van der Waals surface area (Å²) in [5, 5.41) is 3.64. The Balaban J connectivity index is 0.000000504. The minimum Gasteiger partial charge on any atom is -0.365 e. The monoisotopic (exact) mass is 412 g/mol. The van der Waals surface area contributed by atoms with Gasteiger partial charge >= 0.3 is 0 Å². The molecule has 2 heteroatoms. The van der Waals surface area contributed by atoms with Crippen LogP contribution in [0, 0.1) is 20.8 Å². The molecule has 162 valence electrons. The van der Waals surface area contributed by atoms with Crippen LogP contribution < -0.4 is 10.2 Å². The molecule has 0 radical (unpaired) electrons. The van der Waals surface area contributed by atoms with E-state index in [4.69, 9.17) is 0 Å². The van der Waals surface area contributed by atoms with Crippen LogP contribution in [0.4, 0.5) is 5.69 Å². The van der Waals surface area contributed by atoms with E-state index >= 15 is 0 Å². The highest BCUT2D eigenvalue weighted by Gasteiger charge is 2.37. The largest absolute Gasteiger partial charge is 0.365 e. The summed E-state index contributed by atoms with van der Waals surface area (Å²) in [6.45, 7) is 14.8. The van der Waals surface area contributed by atoms with Crippen LogP contribution in [0.3, 0.4) is 0 Å². The molecule has 0 fully saturated rings. The average Bonchev–Trinajstić information content (AvgIpc) is 3.21. The van der Waals surface area contributed by atoms with Gasteiger partial charge < -0.3 is 10.2 Å². The highest BCUT2D eigenvalue weighted by Crippen LogP contribution is 2.49. The third kappa shape index (κ3) is 4.12. The molecule has 0 bridgehead atoms. The van der Waals surface area contributed by atoms with Gasteiger partial charge in [-0.15, -0.1) is 0 Å². The first-order chi connectivity index (χ1) is 15.1. The maximum absolute atomic E-state index is 3.64. The number of nitrogens with one attached hydrogen (secondary N) is 1. The Bertz CT molecular complexity index is 1060. The quantitative estimate of drug-likeness (QED) is 0.434. The molecule has 3 aromatic carbocycles. The summed E-state index contributed by atoms with van der Waals surface area (Å²) < 4.78 is 0. The second-order valence-electron chi connectivity index (χ2n) is 8.05. The molecule has 2 aliphatic rings. The van der Waals surface area contributed by atoms with E-state index in [1.54, 1.807) is 0 Å². The molecule has 0 amide bonds. The molecule has 0 saturated heterocycles. The van der Waals surface area contributed by atoms with E-state index in [1.165, 1.54) is 56.7 Å². The van der Waals surface area contributed by atoms with Crippen LogP contribution in [0.5, 0.6) is 0 Å². The third-order valence-electron chi connectivity index (χ3n) is 5.59. The molecule has 3 aromatic rings. The van der Waals surface area contributed by atoms with E-state index in [0.717, 1.165) is 0 Å². The van der Waals surface area contributed by atoms with Crippen LogP contribution in [0.2, 0.25) is 0 Å². The fourth-order valence-electron chi connectivity index (χ4n) is 4.41. The van der Waals surface area contributed by atoms with Gasteiger partial charge in [-0.05, 0) is 49.6 Å². The van der Waals surface area contributed by atoms with E-state index in [9.17, 15) is 0 Å². The first kappa shape index (κ1) is 22.7. The maximum atomic E-state index is 3.64. The Labute approximate surface area is 188 Å². The van der Waals surface area contributed by atoms with Gasteiger partial charge in [0.2, 0.25) is 0 Å². The summed E-state index contributed by atoms with van der Waals surface area (Å²) in [6, 6.07) is 22.1. The second kappa shape index (κ2) is 9.87. The van der Waals surface area contributed by atoms with Gasteiger partial charge in [0, 0.05) is 22.9 Å². The van der Waals surface area contributed by atoms with Crippen molar-refractivity contribution >= 4 is 11.4 Å². The topological polar surface area (TPSA) is 15.3 Å². The molecule has 2 aliphatic heterocycles. The van der Waals surface area contributed by atoms with E-state index < -0.39 is 0 Å². The van der Waals surface area contributed by atoms with Crippen molar-refractivity contribution in [2.45, 2.75) is 61.1 Å². The number of nitrogens with zero attached hydrogens (tertiary/aromatic N) is 1. The molecule has 1 atom stereocenters. The zero-order chi connectivity index (χ0) is 22.5. The fraction of sp³-hybridized carbons (Fsp3) is 0.310. The first-order valence-corrected chi connectivity index (χ1v) is 11.6. The predicted molar refractivity (Wildman–Crippen MR) is 136 cm³/mol. The second-order valence-corrected chi connectivity index (χ2v) is 8.05.